The van der Waals surface area contributed by atoms with Crippen LogP contribution in [0.2, 0.25) is 0 Å². The molecule has 0 saturated heterocycles. The Morgan fingerprint density at radius 3 is 2.40 bits per heavy atom. The van der Waals surface area contributed by atoms with Gasteiger partial charge < -0.3 is 16.6 Å². The van der Waals surface area contributed by atoms with Crippen LogP contribution in [0.25, 0.3) is 0 Å². The summed E-state index contributed by atoms with van der Waals surface area (Å²) in [5.74, 6) is 0.398. The third-order valence-corrected chi connectivity index (χ3v) is 2.32. The van der Waals surface area contributed by atoms with Gasteiger partial charge in [0.25, 0.3) is 0 Å². The van der Waals surface area contributed by atoms with Crippen molar-refractivity contribution < 1.29 is 5.11 Å². The molecule has 0 aromatic carbocycles. The second kappa shape index (κ2) is 3.32. The monoisotopic (exact) mass is 144 g/mol. The molecule has 1 aliphatic carbocycles. The van der Waals surface area contributed by atoms with E-state index in [-0.39, 0.29) is 18.7 Å². The lowest BCUT2D eigenvalue weighted by Gasteiger charge is -2.30. The van der Waals surface area contributed by atoms with Gasteiger partial charge in [-0.15, -0.1) is 0 Å². The lowest BCUT2D eigenvalue weighted by atomic mass is 9.84. The van der Waals surface area contributed by atoms with Gasteiger partial charge in [0.15, 0.2) is 0 Å². The maximum Gasteiger partial charge on any atom is 0.0459 e. The minimum atomic E-state index is 0.103. The van der Waals surface area contributed by atoms with E-state index in [1.807, 2.05) is 0 Å². The molecule has 1 aliphatic rings. The van der Waals surface area contributed by atoms with Gasteiger partial charge in [-0.3, -0.25) is 0 Å². The number of hydrogen-bond acceptors (Lipinski definition) is 3. The number of rotatable bonds is 1. The zero-order valence-electron chi connectivity index (χ0n) is 6.16. The normalized spacial score (nSPS) is 41.7. The maximum atomic E-state index is 8.80. The van der Waals surface area contributed by atoms with E-state index < -0.39 is 0 Å². The van der Waals surface area contributed by atoms with Crippen molar-refractivity contribution in [2.75, 3.05) is 6.61 Å². The number of nitrogens with two attached hydrogens (primary N) is 2. The van der Waals surface area contributed by atoms with Gasteiger partial charge in [-0.2, -0.15) is 0 Å². The predicted molar refractivity (Wildman–Crippen MR) is 40.4 cm³/mol. The molecule has 60 valence electrons. The highest BCUT2D eigenvalue weighted by atomic mass is 16.3. The Hall–Kier alpha value is -0.120. The first kappa shape index (κ1) is 7.98. The molecule has 0 aromatic heterocycles. The summed E-state index contributed by atoms with van der Waals surface area (Å²) in [5.41, 5.74) is 11.4. The molecule has 3 atom stereocenters. The molecule has 3 nitrogen and oxygen atoms in total. The predicted octanol–water partition coefficient (Wildman–Crippen LogP) is -0.567. The summed E-state index contributed by atoms with van der Waals surface area (Å²) >= 11 is 0. The zero-order chi connectivity index (χ0) is 7.56. The second-order valence-corrected chi connectivity index (χ2v) is 3.19. The molecular weight excluding hydrogens is 128 g/mol. The van der Waals surface area contributed by atoms with Gasteiger partial charge in [0, 0.05) is 18.7 Å². The molecule has 1 saturated carbocycles. The van der Waals surface area contributed by atoms with Crippen LogP contribution >= 0.6 is 0 Å². The van der Waals surface area contributed by atoms with Gasteiger partial charge in [-0.25, -0.2) is 0 Å². The number of hydrogen-bond donors (Lipinski definition) is 3. The van der Waals surface area contributed by atoms with Crippen molar-refractivity contribution in [3.8, 4) is 0 Å². The van der Waals surface area contributed by atoms with E-state index in [1.54, 1.807) is 0 Å². The van der Waals surface area contributed by atoms with E-state index in [0.29, 0.717) is 5.92 Å². The third-order valence-electron chi connectivity index (χ3n) is 2.32. The molecule has 10 heavy (non-hydrogen) atoms. The van der Waals surface area contributed by atoms with Gasteiger partial charge >= 0.3 is 0 Å². The summed E-state index contributed by atoms with van der Waals surface area (Å²) in [6.45, 7) is 0.264. The molecule has 1 rings (SSSR count). The van der Waals surface area contributed by atoms with Crippen LogP contribution < -0.4 is 11.5 Å². The van der Waals surface area contributed by atoms with Gasteiger partial charge in [0.1, 0.15) is 0 Å². The van der Waals surface area contributed by atoms with Crippen molar-refractivity contribution in [1.82, 2.24) is 0 Å². The molecule has 0 radical (unpaired) electrons. The van der Waals surface area contributed by atoms with Crippen LogP contribution in [0.15, 0.2) is 0 Å². The van der Waals surface area contributed by atoms with Crippen molar-refractivity contribution in [1.29, 1.82) is 0 Å². The largest absolute Gasteiger partial charge is 0.396 e. The lowest BCUT2D eigenvalue weighted by molar-refractivity contribution is 0.171. The highest BCUT2D eigenvalue weighted by Gasteiger charge is 2.24. The molecule has 3 heteroatoms. The number of aliphatic hydroxyl groups excluding tert-OH is 1. The Labute approximate surface area is 61.4 Å². The summed E-state index contributed by atoms with van der Waals surface area (Å²) in [6.07, 6.45) is 2.88. The van der Waals surface area contributed by atoms with Gasteiger partial charge in [0.05, 0.1) is 0 Å². The van der Waals surface area contributed by atoms with E-state index in [4.69, 9.17) is 16.6 Å². The zero-order valence-corrected chi connectivity index (χ0v) is 6.16. The lowest BCUT2D eigenvalue weighted by Crippen LogP contribution is -2.46. The second-order valence-electron chi connectivity index (χ2n) is 3.19. The fourth-order valence-electron chi connectivity index (χ4n) is 1.49. The first-order valence-corrected chi connectivity index (χ1v) is 3.86. The molecule has 0 heterocycles. The SMILES string of the molecule is N[C@@H]1CC(CO)CC[C@@H]1N. The van der Waals surface area contributed by atoms with E-state index >= 15 is 0 Å². The summed E-state index contributed by atoms with van der Waals surface area (Å²) in [4.78, 5) is 0. The highest BCUT2D eigenvalue weighted by Crippen LogP contribution is 2.21. The molecule has 0 bridgehead atoms. The van der Waals surface area contributed by atoms with Crippen molar-refractivity contribution in [3.05, 3.63) is 0 Å². The van der Waals surface area contributed by atoms with Crippen LogP contribution in [0.1, 0.15) is 19.3 Å². The molecule has 1 fully saturated rings. The molecule has 0 aliphatic heterocycles. The van der Waals surface area contributed by atoms with Crippen LogP contribution in [-0.4, -0.2) is 23.8 Å². The minimum absolute atomic E-state index is 0.103. The van der Waals surface area contributed by atoms with Gasteiger partial charge in [-0.05, 0) is 25.2 Å². The average molecular weight is 144 g/mol. The molecule has 0 spiro atoms. The maximum absolute atomic E-state index is 8.80. The van der Waals surface area contributed by atoms with Crippen LogP contribution in [0.4, 0.5) is 0 Å². The summed E-state index contributed by atoms with van der Waals surface area (Å²) in [5, 5.41) is 8.80. The van der Waals surface area contributed by atoms with Crippen LogP contribution in [0, 0.1) is 5.92 Å². The minimum Gasteiger partial charge on any atom is -0.396 e. The third kappa shape index (κ3) is 1.68. The Balaban J connectivity index is 2.33. The fourth-order valence-corrected chi connectivity index (χ4v) is 1.49. The van der Waals surface area contributed by atoms with Crippen LogP contribution in [0.5, 0.6) is 0 Å². The highest BCUT2D eigenvalue weighted by molar-refractivity contribution is 4.84. The smallest absolute Gasteiger partial charge is 0.0459 e. The van der Waals surface area contributed by atoms with E-state index in [0.717, 1.165) is 19.3 Å². The Morgan fingerprint density at radius 1 is 1.20 bits per heavy atom. The van der Waals surface area contributed by atoms with E-state index in [2.05, 4.69) is 0 Å². The first-order valence-electron chi connectivity index (χ1n) is 3.86. The van der Waals surface area contributed by atoms with Crippen molar-refractivity contribution in [2.24, 2.45) is 17.4 Å². The quantitative estimate of drug-likeness (QED) is 0.461. The van der Waals surface area contributed by atoms with Crippen molar-refractivity contribution in [3.63, 3.8) is 0 Å². The van der Waals surface area contributed by atoms with Gasteiger partial charge in [0.2, 0.25) is 0 Å². The molecule has 0 amide bonds. The first-order chi connectivity index (χ1) is 4.74. The summed E-state index contributed by atoms with van der Waals surface area (Å²) in [7, 11) is 0. The summed E-state index contributed by atoms with van der Waals surface area (Å²) < 4.78 is 0. The average Bonchev–Trinajstić information content (AvgIpc) is 1.95. The fraction of sp³-hybridized carbons (Fsp3) is 1.00. The van der Waals surface area contributed by atoms with E-state index in [9.17, 15) is 0 Å². The standard InChI is InChI=1S/C7H16N2O/c8-6-2-1-5(4-10)3-7(6)9/h5-7,10H,1-4,8-9H2/t5?,6-,7+/m0/s1. The van der Waals surface area contributed by atoms with Gasteiger partial charge in [-0.1, -0.05) is 0 Å². The van der Waals surface area contributed by atoms with E-state index in [1.165, 1.54) is 0 Å². The Morgan fingerprint density at radius 2 is 1.90 bits per heavy atom. The van der Waals surface area contributed by atoms with Crippen LogP contribution in [0.3, 0.4) is 0 Å². The molecule has 5 N–H and O–H groups in total. The Bertz CT molecular complexity index is 108. The van der Waals surface area contributed by atoms with Crippen LogP contribution in [-0.2, 0) is 0 Å². The molecular formula is C7H16N2O. The summed E-state index contributed by atoms with van der Waals surface area (Å²) in [6, 6.07) is 0.258. The van der Waals surface area contributed by atoms with Crippen molar-refractivity contribution in [2.45, 2.75) is 31.3 Å². The number of aliphatic hydroxyl groups is 1. The van der Waals surface area contributed by atoms with Crippen molar-refractivity contribution >= 4 is 0 Å². The molecule has 1 unspecified atom stereocenters. The molecule has 0 aromatic rings. The topological polar surface area (TPSA) is 72.3 Å². The Kier molecular flexibility index (Phi) is 2.65.